The third-order valence-electron chi connectivity index (χ3n) is 5.49. The summed E-state index contributed by atoms with van der Waals surface area (Å²) in [6.07, 6.45) is 4.53. The summed E-state index contributed by atoms with van der Waals surface area (Å²) in [5.41, 5.74) is 1.79. The fourth-order valence-corrected chi connectivity index (χ4v) is 4.36. The van der Waals surface area contributed by atoms with Crippen molar-refractivity contribution in [1.82, 2.24) is 15.0 Å². The van der Waals surface area contributed by atoms with Crippen molar-refractivity contribution in [3.63, 3.8) is 0 Å². The summed E-state index contributed by atoms with van der Waals surface area (Å²) in [5, 5.41) is 3.93. The van der Waals surface area contributed by atoms with Gasteiger partial charge in [0.05, 0.1) is 0 Å². The standard InChI is InChI=1S/C20H25N3O2/c1-15-13-17(21-25-15)20(24)23-12-6-10-19(23)18-9-5-11-22(18)14-16-7-3-2-4-8-16/h2-4,7-8,13,18-19H,5-6,9-12,14H2,1H3/t18-,19-/m0/s1. The number of rotatable bonds is 4. The average Bonchev–Trinajstić information content (AvgIpc) is 3.35. The van der Waals surface area contributed by atoms with E-state index in [1.165, 1.54) is 18.4 Å². The summed E-state index contributed by atoms with van der Waals surface area (Å²) >= 11 is 0. The number of nitrogens with zero attached hydrogens (tertiary/aromatic N) is 3. The number of carbonyl (C=O) groups excluding carboxylic acids is 1. The SMILES string of the molecule is Cc1cc(C(=O)N2CCC[C@H]2[C@@H]2CCCN2Cc2ccccc2)no1. The van der Waals surface area contributed by atoms with Crippen LogP contribution < -0.4 is 0 Å². The molecule has 25 heavy (non-hydrogen) atoms. The van der Waals surface area contributed by atoms with Gasteiger partial charge < -0.3 is 9.42 Å². The van der Waals surface area contributed by atoms with E-state index in [1.54, 1.807) is 6.07 Å². The first-order valence-corrected chi connectivity index (χ1v) is 9.24. The van der Waals surface area contributed by atoms with Crippen molar-refractivity contribution in [2.75, 3.05) is 13.1 Å². The van der Waals surface area contributed by atoms with E-state index in [9.17, 15) is 4.79 Å². The Morgan fingerprint density at radius 3 is 2.68 bits per heavy atom. The number of amides is 1. The van der Waals surface area contributed by atoms with E-state index in [2.05, 4.69) is 40.4 Å². The molecule has 2 aliphatic rings. The molecule has 0 N–H and O–H groups in total. The minimum Gasteiger partial charge on any atom is -0.361 e. The van der Waals surface area contributed by atoms with Crippen LogP contribution in [-0.4, -0.2) is 46.0 Å². The number of carbonyl (C=O) groups is 1. The van der Waals surface area contributed by atoms with E-state index < -0.39 is 0 Å². The van der Waals surface area contributed by atoms with Crippen LogP contribution in [0.1, 0.15) is 47.5 Å². The van der Waals surface area contributed by atoms with Crippen LogP contribution in [0.15, 0.2) is 40.9 Å². The predicted octanol–water partition coefficient (Wildman–Crippen LogP) is 3.25. The molecule has 1 aromatic carbocycles. The van der Waals surface area contributed by atoms with Gasteiger partial charge in [-0.25, -0.2) is 0 Å². The smallest absolute Gasteiger partial charge is 0.276 e. The second-order valence-electron chi connectivity index (χ2n) is 7.20. The molecule has 3 heterocycles. The number of aromatic nitrogens is 1. The summed E-state index contributed by atoms with van der Waals surface area (Å²) in [4.78, 5) is 17.5. The van der Waals surface area contributed by atoms with Crippen molar-refractivity contribution >= 4 is 5.91 Å². The molecule has 2 fully saturated rings. The lowest BCUT2D eigenvalue weighted by atomic mass is 10.0. The summed E-state index contributed by atoms with van der Waals surface area (Å²) in [5.74, 6) is 0.705. The second-order valence-corrected chi connectivity index (χ2v) is 7.20. The Kier molecular flexibility index (Phi) is 4.57. The molecule has 2 aliphatic heterocycles. The van der Waals surface area contributed by atoms with Crippen LogP contribution in [0.25, 0.3) is 0 Å². The normalized spacial score (nSPS) is 24.1. The van der Waals surface area contributed by atoms with Gasteiger partial charge in [-0.05, 0) is 44.7 Å². The van der Waals surface area contributed by atoms with Gasteiger partial charge in [0.15, 0.2) is 5.69 Å². The van der Waals surface area contributed by atoms with E-state index in [-0.39, 0.29) is 11.9 Å². The molecule has 2 saturated heterocycles. The third-order valence-corrected chi connectivity index (χ3v) is 5.49. The predicted molar refractivity (Wildman–Crippen MR) is 95.2 cm³/mol. The van der Waals surface area contributed by atoms with Crippen molar-refractivity contribution in [3.05, 3.63) is 53.4 Å². The van der Waals surface area contributed by atoms with Crippen LogP contribution in [-0.2, 0) is 6.54 Å². The quantitative estimate of drug-likeness (QED) is 0.858. The lowest BCUT2D eigenvalue weighted by Gasteiger charge is -2.34. The minimum atomic E-state index is 0.0194. The topological polar surface area (TPSA) is 49.6 Å². The highest BCUT2D eigenvalue weighted by Gasteiger charge is 2.40. The van der Waals surface area contributed by atoms with Crippen molar-refractivity contribution in [2.45, 2.75) is 51.2 Å². The summed E-state index contributed by atoms with van der Waals surface area (Å²) in [6.45, 7) is 4.73. The fourth-order valence-electron chi connectivity index (χ4n) is 4.36. The largest absolute Gasteiger partial charge is 0.361 e. The molecule has 0 aliphatic carbocycles. The molecule has 1 aromatic heterocycles. The lowest BCUT2D eigenvalue weighted by molar-refractivity contribution is 0.0629. The lowest BCUT2D eigenvalue weighted by Crippen LogP contribution is -2.48. The van der Waals surface area contributed by atoms with Crippen LogP contribution in [0.3, 0.4) is 0 Å². The Labute approximate surface area is 148 Å². The zero-order valence-electron chi connectivity index (χ0n) is 14.7. The van der Waals surface area contributed by atoms with Crippen LogP contribution in [0.2, 0.25) is 0 Å². The highest BCUT2D eigenvalue weighted by atomic mass is 16.5. The van der Waals surface area contributed by atoms with Gasteiger partial charge in [-0.1, -0.05) is 35.5 Å². The van der Waals surface area contributed by atoms with E-state index in [4.69, 9.17) is 4.52 Å². The molecule has 0 unspecified atom stereocenters. The second kappa shape index (κ2) is 7.00. The molecular formula is C20H25N3O2. The Morgan fingerprint density at radius 1 is 1.16 bits per heavy atom. The van der Waals surface area contributed by atoms with Crippen molar-refractivity contribution in [3.8, 4) is 0 Å². The Hall–Kier alpha value is -2.14. The molecule has 0 bridgehead atoms. The first-order chi connectivity index (χ1) is 12.2. The van der Waals surface area contributed by atoms with Gasteiger partial charge in [-0.3, -0.25) is 9.69 Å². The number of hydrogen-bond acceptors (Lipinski definition) is 4. The highest BCUT2D eigenvalue weighted by Crippen LogP contribution is 2.32. The van der Waals surface area contributed by atoms with E-state index in [0.717, 1.165) is 32.5 Å². The van der Waals surface area contributed by atoms with Crippen LogP contribution >= 0.6 is 0 Å². The molecule has 1 amide bonds. The molecule has 4 rings (SSSR count). The Bertz CT molecular complexity index is 728. The van der Waals surface area contributed by atoms with Gasteiger partial charge in [0.2, 0.25) is 0 Å². The van der Waals surface area contributed by atoms with Crippen LogP contribution in [0.4, 0.5) is 0 Å². The molecule has 2 aromatic rings. The minimum absolute atomic E-state index is 0.0194. The molecule has 0 saturated carbocycles. The summed E-state index contributed by atoms with van der Waals surface area (Å²) in [7, 11) is 0. The van der Waals surface area contributed by atoms with E-state index in [1.807, 2.05) is 11.8 Å². The fraction of sp³-hybridized carbons (Fsp3) is 0.500. The molecule has 0 spiro atoms. The van der Waals surface area contributed by atoms with Gasteiger partial charge in [-0.2, -0.15) is 0 Å². The maximum atomic E-state index is 12.9. The molecule has 132 valence electrons. The maximum absolute atomic E-state index is 12.9. The maximum Gasteiger partial charge on any atom is 0.276 e. The zero-order chi connectivity index (χ0) is 17.2. The van der Waals surface area contributed by atoms with Crippen molar-refractivity contribution in [2.24, 2.45) is 0 Å². The summed E-state index contributed by atoms with van der Waals surface area (Å²) < 4.78 is 5.10. The van der Waals surface area contributed by atoms with Gasteiger partial charge in [0, 0.05) is 31.2 Å². The summed E-state index contributed by atoms with van der Waals surface area (Å²) in [6, 6.07) is 13.1. The third kappa shape index (κ3) is 3.33. The number of aryl methyl sites for hydroxylation is 1. The number of hydrogen-bond donors (Lipinski definition) is 0. The monoisotopic (exact) mass is 339 g/mol. The van der Waals surface area contributed by atoms with Gasteiger partial charge in [0.1, 0.15) is 5.76 Å². The number of benzene rings is 1. The van der Waals surface area contributed by atoms with E-state index >= 15 is 0 Å². The van der Waals surface area contributed by atoms with Crippen LogP contribution in [0.5, 0.6) is 0 Å². The van der Waals surface area contributed by atoms with Gasteiger partial charge >= 0.3 is 0 Å². The number of likely N-dealkylation sites (tertiary alicyclic amines) is 2. The highest BCUT2D eigenvalue weighted by molar-refractivity contribution is 5.92. The Morgan fingerprint density at radius 2 is 1.92 bits per heavy atom. The van der Waals surface area contributed by atoms with Crippen molar-refractivity contribution < 1.29 is 9.32 Å². The van der Waals surface area contributed by atoms with Gasteiger partial charge in [0.25, 0.3) is 5.91 Å². The molecular weight excluding hydrogens is 314 g/mol. The zero-order valence-corrected chi connectivity index (χ0v) is 14.7. The molecule has 5 nitrogen and oxygen atoms in total. The molecule has 5 heteroatoms. The first kappa shape index (κ1) is 16.3. The van der Waals surface area contributed by atoms with Gasteiger partial charge in [-0.15, -0.1) is 0 Å². The molecule has 0 radical (unpaired) electrons. The Balaban J connectivity index is 1.50. The van der Waals surface area contributed by atoms with E-state index in [0.29, 0.717) is 17.5 Å². The van der Waals surface area contributed by atoms with Crippen LogP contribution in [0, 0.1) is 6.92 Å². The van der Waals surface area contributed by atoms with Crippen molar-refractivity contribution in [1.29, 1.82) is 0 Å². The molecule has 2 atom stereocenters. The average molecular weight is 339 g/mol. The first-order valence-electron chi connectivity index (χ1n) is 9.24.